The van der Waals surface area contributed by atoms with Crippen molar-refractivity contribution in [3.63, 3.8) is 0 Å². The summed E-state index contributed by atoms with van der Waals surface area (Å²) in [7, 11) is 0. The summed E-state index contributed by atoms with van der Waals surface area (Å²) in [6.07, 6.45) is 0. The predicted octanol–water partition coefficient (Wildman–Crippen LogP) is 16.6. The van der Waals surface area contributed by atoms with Crippen molar-refractivity contribution in [1.29, 1.82) is 0 Å². The normalized spacial score (nSPS) is 17.8. The van der Waals surface area contributed by atoms with Crippen molar-refractivity contribution in [3.8, 4) is 61.3 Å². The highest BCUT2D eigenvalue weighted by atomic mass is 15.1. The van der Waals surface area contributed by atoms with Crippen LogP contribution in [0.15, 0.2) is 254 Å². The summed E-state index contributed by atoms with van der Waals surface area (Å²) in [4.78, 5) is 0.499. The van der Waals surface area contributed by atoms with E-state index >= 15 is 0 Å². The Morgan fingerprint density at radius 3 is 1.39 bits per heavy atom. The Labute approximate surface area is 403 Å². The minimum absolute atomic E-state index is 0.165. The van der Waals surface area contributed by atoms with Crippen LogP contribution in [0.3, 0.4) is 0 Å². The summed E-state index contributed by atoms with van der Waals surface area (Å²) in [5.41, 5.74) is -6.96. The van der Waals surface area contributed by atoms with Crippen LogP contribution >= 0.6 is 0 Å². The molecule has 0 saturated heterocycles. The van der Waals surface area contributed by atoms with Crippen LogP contribution in [-0.2, 0) is 0 Å². The van der Waals surface area contributed by atoms with Crippen LogP contribution in [0.1, 0.15) is 39.8 Å². The van der Waals surface area contributed by atoms with E-state index in [9.17, 15) is 16.4 Å². The maximum absolute atomic E-state index is 9.77. The molecule has 11 rings (SSSR count). The lowest BCUT2D eigenvalue weighted by atomic mass is 9.98. The highest BCUT2D eigenvalue weighted by Gasteiger charge is 2.16. The van der Waals surface area contributed by atoms with Crippen molar-refractivity contribution in [2.45, 2.75) is 0 Å². The topological polar surface area (TPSA) is 8.17 Å². The first-order chi connectivity index (χ1) is 42.8. The van der Waals surface area contributed by atoms with Crippen LogP contribution in [0.4, 0.5) is 17.1 Å². The molecule has 0 unspecified atom stereocenters. The minimum atomic E-state index is -1.20. The quantitative estimate of drug-likeness (QED) is 0.141. The zero-order valence-electron chi connectivity index (χ0n) is 60.9. The number of hydrogen-bond acceptors (Lipinski definition) is 1. The number of benzene rings is 10. The van der Waals surface area contributed by atoms with Crippen LogP contribution in [0, 0.1) is 0 Å². The lowest BCUT2D eigenvalue weighted by Crippen LogP contribution is -2.09. The molecule has 11 aromatic rings. The molecule has 2 nitrogen and oxygen atoms in total. The Morgan fingerprint density at radius 1 is 0.306 bits per heavy atom. The fourth-order valence-corrected chi connectivity index (χ4v) is 6.93. The Bertz CT molecular complexity index is 4920. The first-order valence-electron chi connectivity index (χ1n) is 33.4. The maximum atomic E-state index is 9.77. The zero-order chi connectivity index (χ0) is 66.5. The van der Waals surface area contributed by atoms with Crippen molar-refractivity contribution < 1.29 is 39.8 Å². The van der Waals surface area contributed by atoms with Crippen LogP contribution in [0.5, 0.6) is 0 Å². The Hall–Kier alpha value is -8.20. The van der Waals surface area contributed by atoms with Gasteiger partial charge in [0.2, 0.25) is 0 Å². The molecule has 0 N–H and O–H groups in total. The maximum Gasteiger partial charge on any atom is 0.0645 e. The van der Waals surface area contributed by atoms with Crippen molar-refractivity contribution in [2.24, 2.45) is 0 Å². The van der Waals surface area contributed by atoms with Gasteiger partial charge in [-0.15, -0.1) is 0 Å². The van der Waals surface area contributed by atoms with Crippen LogP contribution in [0.2, 0.25) is 0 Å². The summed E-state index contributed by atoms with van der Waals surface area (Å²) >= 11 is 0. The largest absolute Gasteiger partial charge is 0.311 e. The predicted molar refractivity (Wildman–Crippen MR) is 263 cm³/mol. The second-order valence-corrected chi connectivity index (χ2v) is 13.5. The number of anilines is 3. The van der Waals surface area contributed by atoms with Crippen molar-refractivity contribution >= 4 is 38.9 Å². The van der Waals surface area contributed by atoms with Gasteiger partial charge in [-0.05, 0) is 128 Å². The fraction of sp³-hybridized carbons (Fsp3) is 0. The van der Waals surface area contributed by atoms with E-state index in [1.807, 2.05) is 59.2 Å². The van der Waals surface area contributed by atoms with Crippen molar-refractivity contribution in [2.75, 3.05) is 4.90 Å². The molecule has 0 fully saturated rings. The molecule has 10 aromatic carbocycles. The van der Waals surface area contributed by atoms with E-state index in [0.29, 0.717) is 15.8 Å². The second-order valence-electron chi connectivity index (χ2n) is 13.5. The molecule has 0 aliphatic carbocycles. The molecule has 292 valence electrons. The molecule has 0 bridgehead atoms. The van der Waals surface area contributed by atoms with Gasteiger partial charge in [-0.25, -0.2) is 0 Å². The lowest BCUT2D eigenvalue weighted by molar-refractivity contribution is 1.18. The van der Waals surface area contributed by atoms with Gasteiger partial charge in [0.05, 0.1) is 50.8 Å². The molecule has 0 spiro atoms. The van der Waals surface area contributed by atoms with E-state index in [4.69, 9.17) is 23.3 Å². The third-order valence-electron chi connectivity index (χ3n) is 9.81. The molecule has 0 atom stereocenters. The molecule has 0 saturated carbocycles. The number of para-hydroxylation sites is 2. The molecule has 2 heteroatoms. The van der Waals surface area contributed by atoms with Gasteiger partial charge < -0.3 is 9.47 Å². The third-order valence-corrected chi connectivity index (χ3v) is 9.81. The standard InChI is InChI=1S/C60H42N2/c1-4-13-43(14-5-1)45-23-25-46(26-24-45)47-27-34-54(35-28-47)61(55-36-29-48(30-37-55)51-18-12-17-50(41-51)44-15-6-2-7-16-44)56-38-31-49(32-39-56)52-33-40-60-58(42-52)57-21-10-11-22-59(57)62(60)53-19-8-3-9-20-53/h1-42H/i1D,2D,4D,5D,6D,7D,12D,13D,14D,15D,16D,17D,18D,23D,24D,25D,26D,27D,28D,29D,31D,32D,34D,35D,36D,37D,38D,39D,41D. The second kappa shape index (κ2) is 16.1. The molecule has 1 heterocycles. The van der Waals surface area contributed by atoms with Gasteiger partial charge >= 0.3 is 0 Å². The van der Waals surface area contributed by atoms with E-state index in [1.165, 1.54) is 0 Å². The summed E-state index contributed by atoms with van der Waals surface area (Å²) in [5.74, 6) is 0. The first-order valence-corrected chi connectivity index (χ1v) is 18.9. The highest BCUT2D eigenvalue weighted by molar-refractivity contribution is 6.10. The molecule has 0 aliphatic heterocycles. The van der Waals surface area contributed by atoms with Gasteiger partial charge in [0.25, 0.3) is 0 Å². The average Bonchev–Trinajstić information content (AvgIpc) is 0.847. The van der Waals surface area contributed by atoms with E-state index in [-0.39, 0.29) is 11.1 Å². The van der Waals surface area contributed by atoms with Gasteiger partial charge in [-0.3, -0.25) is 0 Å². The molecule has 1 aromatic heterocycles. The lowest BCUT2D eigenvalue weighted by Gasteiger charge is -2.26. The van der Waals surface area contributed by atoms with E-state index < -0.39 is 237 Å². The van der Waals surface area contributed by atoms with Gasteiger partial charge in [-0.1, -0.05) is 181 Å². The Kier molecular flexibility index (Phi) is 4.52. The van der Waals surface area contributed by atoms with E-state index in [1.54, 1.807) is 18.2 Å². The van der Waals surface area contributed by atoms with Crippen LogP contribution in [0.25, 0.3) is 83.1 Å². The highest BCUT2D eigenvalue weighted by Crippen LogP contribution is 2.40. The minimum Gasteiger partial charge on any atom is -0.311 e. The summed E-state index contributed by atoms with van der Waals surface area (Å²) in [6, 6.07) is -5.60. The first kappa shape index (κ1) is 17.4. The third kappa shape index (κ3) is 7.04. The van der Waals surface area contributed by atoms with Gasteiger partial charge in [0, 0.05) is 33.5 Å². The molecule has 0 radical (unpaired) electrons. The SMILES string of the molecule is [2H]c1cc(-c2c([2H])c([2H])c([2H])c(-c3c([2H])c([2H])c([2H])c([2H])c3[2H])c2[2H])c([2H])c([2H])c1N(c1c([2H])c([2H])c(-c2ccc3c(c2)c2ccccc2n3-c2ccccc2)c([2H])c1[2H])c1c([2H])c([2H])c(-c2c([2H])c([2H])c(-c3c([2H])c([2H])c([2H])c([2H])c3[2H])c([2H])c2[2H])c([2H])c1[2H]. The molecule has 62 heavy (non-hydrogen) atoms. The fourth-order valence-electron chi connectivity index (χ4n) is 6.93. The molecule has 0 amide bonds. The van der Waals surface area contributed by atoms with Crippen molar-refractivity contribution in [3.05, 3.63) is 254 Å². The van der Waals surface area contributed by atoms with Crippen LogP contribution in [-0.4, -0.2) is 4.57 Å². The van der Waals surface area contributed by atoms with E-state index in [0.717, 1.165) is 22.7 Å². The number of rotatable bonds is 9. The number of nitrogens with zero attached hydrogens (tertiary/aromatic N) is 2. The zero-order valence-corrected chi connectivity index (χ0v) is 31.9. The smallest absolute Gasteiger partial charge is 0.0645 e. The van der Waals surface area contributed by atoms with E-state index in [2.05, 4.69) is 0 Å². The summed E-state index contributed by atoms with van der Waals surface area (Å²) < 4.78 is 264. The number of aromatic nitrogens is 1. The van der Waals surface area contributed by atoms with Crippen LogP contribution < -0.4 is 4.90 Å². The summed E-state index contributed by atoms with van der Waals surface area (Å²) in [6.45, 7) is 0. The van der Waals surface area contributed by atoms with Gasteiger partial charge in [0.1, 0.15) is 0 Å². The number of hydrogen-bond donors (Lipinski definition) is 0. The van der Waals surface area contributed by atoms with Gasteiger partial charge in [-0.2, -0.15) is 0 Å². The molecule has 0 aliphatic rings. The molecular formula is C60H42N2. The Balaban J connectivity index is 1.19. The van der Waals surface area contributed by atoms with Crippen molar-refractivity contribution in [1.82, 2.24) is 4.57 Å². The Morgan fingerprint density at radius 2 is 0.758 bits per heavy atom. The monoisotopic (exact) mass is 820 g/mol. The van der Waals surface area contributed by atoms with Gasteiger partial charge in [0.15, 0.2) is 0 Å². The average molecular weight is 820 g/mol. The summed E-state index contributed by atoms with van der Waals surface area (Å²) in [5, 5.41) is 1.39. The molecular weight excluding hydrogens is 749 g/mol. The number of fused-ring (bicyclic) bond motifs is 3.